The van der Waals surface area contributed by atoms with Crippen LogP contribution in [-0.4, -0.2) is 19.9 Å². The molecule has 1 unspecified atom stereocenters. The van der Waals surface area contributed by atoms with Gasteiger partial charge in [0, 0.05) is 17.2 Å². The lowest BCUT2D eigenvalue weighted by atomic mass is 10.0. The van der Waals surface area contributed by atoms with Crippen LogP contribution in [0.3, 0.4) is 0 Å². The van der Waals surface area contributed by atoms with E-state index in [1.54, 1.807) is 13.1 Å². The summed E-state index contributed by atoms with van der Waals surface area (Å²) >= 11 is 0. The van der Waals surface area contributed by atoms with E-state index < -0.39 is 6.43 Å². The van der Waals surface area contributed by atoms with E-state index in [1.165, 1.54) is 6.07 Å². The van der Waals surface area contributed by atoms with Gasteiger partial charge in [0.15, 0.2) is 0 Å². The highest BCUT2D eigenvalue weighted by Crippen LogP contribution is 2.29. The molecule has 0 aromatic heterocycles. The van der Waals surface area contributed by atoms with Gasteiger partial charge in [0.25, 0.3) is 0 Å². The summed E-state index contributed by atoms with van der Waals surface area (Å²) in [5.74, 6) is 6.52. The van der Waals surface area contributed by atoms with Gasteiger partial charge < -0.3 is 10.6 Å². The van der Waals surface area contributed by atoms with Crippen LogP contribution in [-0.2, 0) is 11.2 Å². The number of anilines is 1. The first-order valence-corrected chi connectivity index (χ1v) is 7.91. The van der Waals surface area contributed by atoms with Crippen molar-refractivity contribution >= 4 is 12.1 Å². The summed E-state index contributed by atoms with van der Waals surface area (Å²) in [6, 6.07) is 2.87. The number of halogens is 3. The van der Waals surface area contributed by atoms with Crippen LogP contribution in [0.25, 0.3) is 0 Å². The van der Waals surface area contributed by atoms with Crippen LogP contribution in [0.4, 0.5) is 18.9 Å². The van der Waals surface area contributed by atoms with Gasteiger partial charge in [0.1, 0.15) is 5.82 Å². The Labute approximate surface area is 141 Å². The quantitative estimate of drug-likeness (QED) is 0.630. The molecule has 1 aromatic rings. The van der Waals surface area contributed by atoms with Gasteiger partial charge in [0.05, 0.1) is 6.04 Å². The molecule has 2 rings (SSSR count). The maximum Gasteiger partial charge on any atom is 0.235 e. The number of alkyl halides is 2. The molecule has 0 heterocycles. The van der Waals surface area contributed by atoms with E-state index in [2.05, 4.69) is 22.5 Å². The van der Waals surface area contributed by atoms with Gasteiger partial charge in [-0.1, -0.05) is 18.8 Å². The fourth-order valence-electron chi connectivity index (χ4n) is 2.07. The molecule has 24 heavy (non-hydrogen) atoms. The van der Waals surface area contributed by atoms with Gasteiger partial charge in [-0.2, -0.15) is 0 Å². The zero-order valence-corrected chi connectivity index (χ0v) is 14.1. The Morgan fingerprint density at radius 1 is 1.38 bits per heavy atom. The molecule has 1 saturated carbocycles. The molecule has 2 N–H and O–H groups in total. The van der Waals surface area contributed by atoms with Crippen molar-refractivity contribution in [3.63, 3.8) is 0 Å². The van der Waals surface area contributed by atoms with Crippen molar-refractivity contribution < 1.29 is 18.0 Å². The number of hydrogen-bond acceptors (Lipinski definition) is 2. The minimum absolute atomic E-state index is 0.257. The van der Waals surface area contributed by atoms with Crippen LogP contribution < -0.4 is 10.6 Å². The van der Waals surface area contributed by atoms with Gasteiger partial charge in [0.2, 0.25) is 12.8 Å². The van der Waals surface area contributed by atoms with Crippen molar-refractivity contribution in [3.8, 4) is 11.8 Å². The summed E-state index contributed by atoms with van der Waals surface area (Å²) in [5.41, 5.74) is 1.87. The molecule has 1 fully saturated rings. The maximum atomic E-state index is 14.0. The number of amides is 1. The van der Waals surface area contributed by atoms with Crippen LogP contribution in [0.1, 0.15) is 43.9 Å². The second-order valence-corrected chi connectivity index (χ2v) is 5.45. The number of nitrogens with one attached hydrogen (secondary N) is 2. The lowest BCUT2D eigenvalue weighted by molar-refractivity contribution is -0.105. The van der Waals surface area contributed by atoms with Crippen molar-refractivity contribution in [2.45, 2.75) is 45.6 Å². The van der Waals surface area contributed by atoms with E-state index in [0.29, 0.717) is 35.6 Å². The highest BCUT2D eigenvalue weighted by molar-refractivity contribution is 5.74. The molecule has 1 aliphatic carbocycles. The Bertz CT molecular complexity index is 602. The van der Waals surface area contributed by atoms with Crippen molar-refractivity contribution in [2.24, 2.45) is 5.92 Å². The van der Waals surface area contributed by atoms with Gasteiger partial charge in [-0.15, -0.1) is 0 Å². The van der Waals surface area contributed by atoms with Gasteiger partial charge in [-0.3, -0.25) is 4.79 Å². The number of carbonyl (C=O) groups excluding carboxylic acids is 1. The number of benzene rings is 1. The fourth-order valence-corrected chi connectivity index (χ4v) is 2.07. The molecule has 0 aliphatic heterocycles. The lowest BCUT2D eigenvalue weighted by Gasteiger charge is -2.16. The molecule has 1 aliphatic rings. The summed E-state index contributed by atoms with van der Waals surface area (Å²) < 4.78 is 34.7. The number of hydrogen-bond donors (Lipinski definition) is 2. The van der Waals surface area contributed by atoms with Crippen molar-refractivity contribution in [2.75, 3.05) is 12.4 Å². The van der Waals surface area contributed by atoms with E-state index >= 15 is 0 Å². The molecular weight excluding hydrogens is 317 g/mol. The van der Waals surface area contributed by atoms with Crippen molar-refractivity contribution in [1.82, 2.24) is 5.32 Å². The SMILES string of the molecule is CC(F)F.CCc1cc(NC=O)c(C(C#CC2CC2)NC)cc1F. The highest BCUT2D eigenvalue weighted by Gasteiger charge is 2.19. The zero-order valence-electron chi connectivity index (χ0n) is 14.1. The Morgan fingerprint density at radius 2 is 2.00 bits per heavy atom. The number of aryl methyl sites for hydroxylation is 1. The van der Waals surface area contributed by atoms with Crippen molar-refractivity contribution in [1.29, 1.82) is 0 Å². The molecule has 0 spiro atoms. The van der Waals surface area contributed by atoms with Crippen LogP contribution in [0, 0.1) is 23.6 Å². The van der Waals surface area contributed by atoms with Crippen molar-refractivity contribution in [3.05, 3.63) is 29.1 Å². The average molecular weight is 340 g/mol. The smallest absolute Gasteiger partial charge is 0.235 e. The minimum atomic E-state index is -2.17. The van der Waals surface area contributed by atoms with Crippen LogP contribution in [0.2, 0.25) is 0 Å². The lowest BCUT2D eigenvalue weighted by Crippen LogP contribution is -2.17. The third-order valence-corrected chi connectivity index (χ3v) is 3.42. The molecule has 1 aromatic carbocycles. The Morgan fingerprint density at radius 3 is 2.46 bits per heavy atom. The maximum absolute atomic E-state index is 14.0. The summed E-state index contributed by atoms with van der Waals surface area (Å²) in [6.45, 7) is 2.71. The third kappa shape index (κ3) is 6.63. The van der Waals surface area contributed by atoms with Crippen LogP contribution >= 0.6 is 0 Å². The molecule has 1 atom stereocenters. The van der Waals surface area contributed by atoms with E-state index in [4.69, 9.17) is 0 Å². The second kappa shape index (κ2) is 9.99. The summed E-state index contributed by atoms with van der Waals surface area (Å²) in [4.78, 5) is 10.7. The van der Waals surface area contributed by atoms with E-state index in [1.807, 2.05) is 6.92 Å². The van der Waals surface area contributed by atoms with E-state index in [9.17, 15) is 18.0 Å². The Balaban J connectivity index is 0.000000648. The van der Waals surface area contributed by atoms with E-state index in [-0.39, 0.29) is 11.9 Å². The molecule has 6 heteroatoms. The zero-order chi connectivity index (χ0) is 18.1. The molecule has 0 radical (unpaired) electrons. The first-order valence-electron chi connectivity index (χ1n) is 7.91. The molecular formula is C18H23F3N2O. The number of carbonyl (C=O) groups is 1. The Kier molecular flexibility index (Phi) is 8.34. The molecule has 132 valence electrons. The summed E-state index contributed by atoms with van der Waals surface area (Å²) in [5, 5.41) is 5.71. The first kappa shape index (κ1) is 20.0. The average Bonchev–Trinajstić information content (AvgIpc) is 3.34. The first-order chi connectivity index (χ1) is 11.4. The predicted molar refractivity (Wildman–Crippen MR) is 89.4 cm³/mol. The molecule has 3 nitrogen and oxygen atoms in total. The summed E-state index contributed by atoms with van der Waals surface area (Å²) in [7, 11) is 1.78. The molecule has 1 amide bonds. The molecule has 0 bridgehead atoms. The van der Waals surface area contributed by atoms with Gasteiger partial charge in [-0.05, 0) is 50.9 Å². The monoisotopic (exact) mass is 340 g/mol. The highest BCUT2D eigenvalue weighted by atomic mass is 19.3. The Hall–Kier alpha value is -2.00. The fraction of sp³-hybridized carbons (Fsp3) is 0.500. The second-order valence-electron chi connectivity index (χ2n) is 5.45. The van der Waals surface area contributed by atoms with Crippen LogP contribution in [0.15, 0.2) is 12.1 Å². The predicted octanol–water partition coefficient (Wildman–Crippen LogP) is 3.90. The minimum Gasteiger partial charge on any atom is -0.328 e. The number of rotatable bonds is 5. The van der Waals surface area contributed by atoms with Crippen LogP contribution in [0.5, 0.6) is 0 Å². The standard InChI is InChI=1S/C16H19FN2O.C2H4F2/c1-3-12-8-16(19-10-20)13(9-14(12)17)15(18-2)7-6-11-4-5-11;1-2(3)4/h8-11,15,18H,3-5H2,1-2H3,(H,19,20);2H,1H3. The van der Waals surface area contributed by atoms with E-state index in [0.717, 1.165) is 19.8 Å². The largest absolute Gasteiger partial charge is 0.328 e. The molecule has 0 saturated heterocycles. The topological polar surface area (TPSA) is 41.1 Å². The van der Waals surface area contributed by atoms with Gasteiger partial charge >= 0.3 is 0 Å². The summed E-state index contributed by atoms with van der Waals surface area (Å²) in [6.07, 6.45) is 1.31. The third-order valence-electron chi connectivity index (χ3n) is 3.42. The van der Waals surface area contributed by atoms with Gasteiger partial charge in [-0.25, -0.2) is 13.2 Å². The normalized spacial score (nSPS) is 14.1.